The number of H-pyrrole nitrogens is 2. The Kier molecular flexibility index (Phi) is 17.5. The Hall–Kier alpha value is -7.88. The molecule has 0 atom stereocenters. The van der Waals surface area contributed by atoms with Gasteiger partial charge in [0.1, 0.15) is 22.6 Å². The van der Waals surface area contributed by atoms with Crippen LogP contribution in [-0.4, -0.2) is 90.2 Å². The number of aromatic nitrogens is 8. The summed E-state index contributed by atoms with van der Waals surface area (Å²) in [6.45, 7) is 8.29. The van der Waals surface area contributed by atoms with Crippen LogP contribution < -0.4 is 0 Å². The Bertz CT molecular complexity index is 3230. The number of nitrogens with zero attached hydrogens (tertiary/aromatic N) is 6. The zero-order chi connectivity index (χ0) is 53.0. The molecule has 4 aromatic carbocycles. The van der Waals surface area contributed by atoms with Crippen molar-refractivity contribution in [3.63, 3.8) is 0 Å². The molecular formula is C60H66N8O8. The molecule has 7 aromatic rings. The summed E-state index contributed by atoms with van der Waals surface area (Å²) in [5.74, 6) is -2.82. The summed E-state index contributed by atoms with van der Waals surface area (Å²) in [5, 5.41) is 1.53. The molecule has 2 aliphatic rings. The Morgan fingerprint density at radius 3 is 0.934 bits per heavy atom. The monoisotopic (exact) mass is 1030 g/mol. The largest absolute Gasteiger partial charge is 0.462 e. The number of benzene rings is 4. The molecule has 0 unspecified atom stereocenters. The summed E-state index contributed by atoms with van der Waals surface area (Å²) in [6.07, 6.45) is 12.7. The maximum absolute atomic E-state index is 15.3. The molecule has 0 saturated heterocycles. The van der Waals surface area contributed by atoms with Gasteiger partial charge in [-0.2, -0.15) is 0 Å². The molecule has 8 bridgehead atoms. The second-order valence-corrected chi connectivity index (χ2v) is 19.3. The molecule has 16 heteroatoms. The minimum absolute atomic E-state index is 0.00331. The van der Waals surface area contributed by atoms with Crippen LogP contribution in [-0.2, 0) is 18.9 Å². The van der Waals surface area contributed by atoms with Crippen molar-refractivity contribution in [2.75, 3.05) is 26.4 Å². The van der Waals surface area contributed by atoms with Gasteiger partial charge in [0.25, 0.3) is 0 Å². The summed E-state index contributed by atoms with van der Waals surface area (Å²) in [7, 11) is 0. The van der Waals surface area contributed by atoms with Crippen molar-refractivity contribution in [1.82, 2.24) is 39.9 Å². The molecule has 3 aromatic heterocycles. The van der Waals surface area contributed by atoms with E-state index in [0.717, 1.165) is 87.8 Å². The van der Waals surface area contributed by atoms with Gasteiger partial charge in [-0.1, -0.05) is 178 Å². The highest BCUT2D eigenvalue weighted by atomic mass is 16.5. The molecule has 0 fully saturated rings. The fraction of sp³-hybridized carbons (Fsp3) is 0.400. The third-order valence-electron chi connectivity index (χ3n) is 13.7. The first-order chi connectivity index (χ1) is 37.3. The van der Waals surface area contributed by atoms with Crippen LogP contribution in [0.1, 0.15) is 172 Å². The SMILES string of the molecule is CCCCCCOC(=O)c1c(C(=O)OCCCCCC)c(C(=O)OCCCCCC)c2c3nc4nc(nc5[nH]c(nc6nc(nc([nH]3)c2c1C(=O)OCCCCCC)-c1ccccc1-6)c1ccccc51)-c1ccccc1-4. The lowest BCUT2D eigenvalue weighted by atomic mass is 9.90. The van der Waals surface area contributed by atoms with Gasteiger partial charge in [-0.3, -0.25) is 0 Å². The second kappa shape index (κ2) is 25.1. The fourth-order valence-corrected chi connectivity index (χ4v) is 9.78. The maximum Gasteiger partial charge on any atom is 0.339 e. The molecular weight excluding hydrogens is 961 g/mol. The molecule has 0 amide bonds. The standard InChI is InChI=1S/C60H66N8O8/c1-5-9-13-23-33-73-57(69)45-43-44(46(58(70)74-34-24-14-10-6-2)48(60(72)76-36-26-16-12-8-4)47(45)59(71)75-35-25-15-11-7-3)56-67-54-42-32-22-20-30-40(42)52(65-54)63-50-38-28-18-17-27-37(38)49(61-50)62-51-39-29-19-21-31-41(39)53(64-51)66-55(43)68-56/h17-22,27-32H,5-16,23-26,33-36H2,1-4H3,(H2,61,62,63,64,65,66,67,68). The van der Waals surface area contributed by atoms with Crippen molar-refractivity contribution in [1.29, 1.82) is 0 Å². The van der Waals surface area contributed by atoms with Gasteiger partial charge in [0, 0.05) is 43.8 Å². The van der Waals surface area contributed by atoms with Gasteiger partial charge in [0.2, 0.25) is 0 Å². The summed E-state index contributed by atoms with van der Waals surface area (Å²) in [4.78, 5) is 98.4. The molecule has 76 heavy (non-hydrogen) atoms. The molecule has 5 heterocycles. The molecule has 2 aliphatic heterocycles. The number of carbonyl (C=O) groups excluding carboxylic acids is 4. The highest BCUT2D eigenvalue weighted by Gasteiger charge is 2.39. The fourth-order valence-electron chi connectivity index (χ4n) is 9.78. The lowest BCUT2D eigenvalue weighted by Gasteiger charge is -2.19. The highest BCUT2D eigenvalue weighted by molar-refractivity contribution is 6.29. The van der Waals surface area contributed by atoms with Crippen molar-refractivity contribution in [2.24, 2.45) is 0 Å². The van der Waals surface area contributed by atoms with Gasteiger partial charge in [0.05, 0.1) is 48.7 Å². The van der Waals surface area contributed by atoms with Gasteiger partial charge < -0.3 is 28.9 Å². The third kappa shape index (κ3) is 11.4. The summed E-state index contributed by atoms with van der Waals surface area (Å²) < 4.78 is 24.3. The minimum Gasteiger partial charge on any atom is -0.462 e. The van der Waals surface area contributed by atoms with Crippen LogP contribution in [0.3, 0.4) is 0 Å². The van der Waals surface area contributed by atoms with E-state index in [1.54, 1.807) is 0 Å². The Labute approximate surface area is 441 Å². The van der Waals surface area contributed by atoms with Crippen molar-refractivity contribution in [3.8, 4) is 45.6 Å². The van der Waals surface area contributed by atoms with Crippen molar-refractivity contribution in [2.45, 2.75) is 130 Å². The first-order valence-electron chi connectivity index (χ1n) is 27.3. The van der Waals surface area contributed by atoms with Crippen LogP contribution in [0.2, 0.25) is 0 Å². The van der Waals surface area contributed by atoms with E-state index in [1.807, 2.05) is 72.8 Å². The smallest absolute Gasteiger partial charge is 0.339 e. The predicted octanol–water partition coefficient (Wildman–Crippen LogP) is 13.8. The van der Waals surface area contributed by atoms with E-state index in [0.29, 0.717) is 70.9 Å². The van der Waals surface area contributed by atoms with E-state index in [-0.39, 0.29) is 71.3 Å². The summed E-state index contributed by atoms with van der Waals surface area (Å²) >= 11 is 0. The number of hydrogen-bond donors (Lipinski definition) is 2. The van der Waals surface area contributed by atoms with Crippen LogP contribution in [0.5, 0.6) is 0 Å². The van der Waals surface area contributed by atoms with Crippen LogP contribution in [0.4, 0.5) is 0 Å². The first-order valence-corrected chi connectivity index (χ1v) is 27.3. The van der Waals surface area contributed by atoms with Gasteiger partial charge in [0.15, 0.2) is 23.3 Å². The van der Waals surface area contributed by atoms with E-state index in [2.05, 4.69) is 37.7 Å². The molecule has 0 spiro atoms. The third-order valence-corrected chi connectivity index (χ3v) is 13.7. The van der Waals surface area contributed by atoms with E-state index in [4.69, 9.17) is 48.9 Å². The number of fused-ring (bicyclic) bond motifs is 20. The number of rotatable bonds is 24. The number of aromatic amines is 2. The maximum atomic E-state index is 15.3. The van der Waals surface area contributed by atoms with Gasteiger partial charge in [-0.25, -0.2) is 49.1 Å². The van der Waals surface area contributed by atoms with Gasteiger partial charge >= 0.3 is 23.9 Å². The normalized spacial score (nSPS) is 11.6. The molecule has 0 radical (unpaired) electrons. The molecule has 394 valence electrons. The second-order valence-electron chi connectivity index (χ2n) is 19.3. The molecule has 0 aliphatic carbocycles. The van der Waals surface area contributed by atoms with Crippen molar-refractivity contribution < 1.29 is 38.1 Å². The van der Waals surface area contributed by atoms with E-state index in [1.165, 1.54) is 0 Å². The number of hydrogen-bond acceptors (Lipinski definition) is 14. The van der Waals surface area contributed by atoms with Gasteiger partial charge in [-0.05, 0) is 25.7 Å². The lowest BCUT2D eigenvalue weighted by molar-refractivity contribution is 0.0418. The number of esters is 4. The van der Waals surface area contributed by atoms with Crippen LogP contribution >= 0.6 is 0 Å². The molecule has 16 nitrogen and oxygen atoms in total. The van der Waals surface area contributed by atoms with Crippen LogP contribution in [0.25, 0.3) is 89.7 Å². The molecule has 0 saturated carbocycles. The van der Waals surface area contributed by atoms with Crippen molar-refractivity contribution >= 4 is 68.0 Å². The topological polar surface area (TPSA) is 214 Å². The van der Waals surface area contributed by atoms with Gasteiger partial charge in [-0.15, -0.1) is 0 Å². The Morgan fingerprint density at radius 1 is 0.342 bits per heavy atom. The number of ether oxygens (including phenoxy) is 4. The van der Waals surface area contributed by atoms with E-state index in [9.17, 15) is 0 Å². The Balaban J connectivity index is 1.44. The minimum atomic E-state index is -1.01. The van der Waals surface area contributed by atoms with Crippen LogP contribution in [0, 0.1) is 0 Å². The van der Waals surface area contributed by atoms with Crippen molar-refractivity contribution in [3.05, 3.63) is 95.1 Å². The first kappa shape index (κ1) is 53.0. The average molecular weight is 1030 g/mol. The average Bonchev–Trinajstić information content (AvgIpc) is 4.29. The van der Waals surface area contributed by atoms with E-state index >= 15 is 19.2 Å². The number of carbonyl (C=O) groups is 4. The quantitative estimate of drug-likeness (QED) is 0.0327. The zero-order valence-electron chi connectivity index (χ0n) is 44.0. The summed E-state index contributed by atoms with van der Waals surface area (Å²) in [5.41, 5.74) is 1.87. The zero-order valence-corrected chi connectivity index (χ0v) is 44.0. The van der Waals surface area contributed by atoms with Crippen LogP contribution in [0.15, 0.2) is 72.8 Å². The number of unbranched alkanes of at least 4 members (excludes halogenated alkanes) is 12. The summed E-state index contributed by atoms with van der Waals surface area (Å²) in [6, 6.07) is 22.8. The highest BCUT2D eigenvalue weighted by Crippen LogP contribution is 2.41. The predicted molar refractivity (Wildman–Crippen MR) is 294 cm³/mol. The number of nitrogens with one attached hydrogen (secondary N) is 2. The Morgan fingerprint density at radius 2 is 0.618 bits per heavy atom. The lowest BCUT2D eigenvalue weighted by Crippen LogP contribution is -2.25. The molecule has 9 rings (SSSR count). The molecule has 2 N–H and O–H groups in total. The van der Waals surface area contributed by atoms with E-state index < -0.39 is 35.0 Å².